The SMILES string of the molecule is Cc1nc(Oc2ccc(NS(C)(=O)=O)cc2)ccc1CN1CCC(Nc2cccc(F)c2)CC1. The van der Waals surface area contributed by atoms with Gasteiger partial charge < -0.3 is 10.1 Å². The molecule has 0 bridgehead atoms. The minimum absolute atomic E-state index is 0.223. The lowest BCUT2D eigenvalue weighted by molar-refractivity contribution is 0.210. The first-order chi connectivity index (χ1) is 16.2. The fourth-order valence-corrected chi connectivity index (χ4v) is 4.57. The summed E-state index contributed by atoms with van der Waals surface area (Å²) in [4.78, 5) is 6.99. The number of sulfonamides is 1. The number of hydrogen-bond acceptors (Lipinski definition) is 6. The molecule has 0 saturated carbocycles. The number of pyridine rings is 1. The molecule has 9 heteroatoms. The highest BCUT2D eigenvalue weighted by molar-refractivity contribution is 7.92. The van der Waals surface area contributed by atoms with E-state index in [1.807, 2.05) is 25.1 Å². The minimum Gasteiger partial charge on any atom is -0.439 e. The molecule has 180 valence electrons. The van der Waals surface area contributed by atoms with Gasteiger partial charge in [-0.3, -0.25) is 9.62 Å². The molecule has 1 fully saturated rings. The summed E-state index contributed by atoms with van der Waals surface area (Å²) < 4.78 is 44.3. The molecule has 0 radical (unpaired) electrons. The molecule has 2 N–H and O–H groups in total. The number of piperidine rings is 1. The van der Waals surface area contributed by atoms with Gasteiger partial charge in [0.1, 0.15) is 11.6 Å². The van der Waals surface area contributed by atoms with E-state index in [-0.39, 0.29) is 5.82 Å². The third-order valence-electron chi connectivity index (χ3n) is 5.73. The molecule has 4 rings (SSSR count). The van der Waals surface area contributed by atoms with Crippen molar-refractivity contribution in [2.45, 2.75) is 32.4 Å². The maximum Gasteiger partial charge on any atom is 0.229 e. The van der Waals surface area contributed by atoms with E-state index < -0.39 is 10.0 Å². The number of nitrogens with one attached hydrogen (secondary N) is 2. The van der Waals surface area contributed by atoms with Crippen LogP contribution in [0.3, 0.4) is 0 Å². The Balaban J connectivity index is 1.29. The van der Waals surface area contributed by atoms with Crippen molar-refractivity contribution < 1.29 is 17.5 Å². The Morgan fingerprint density at radius 2 is 1.79 bits per heavy atom. The normalized spacial score (nSPS) is 15.1. The Labute approximate surface area is 200 Å². The third kappa shape index (κ3) is 6.91. The molecule has 0 unspecified atom stereocenters. The van der Waals surface area contributed by atoms with Gasteiger partial charge in [0.2, 0.25) is 15.9 Å². The van der Waals surface area contributed by atoms with Gasteiger partial charge >= 0.3 is 0 Å². The molecule has 1 aromatic heterocycles. The fraction of sp³-hybridized carbons (Fsp3) is 0.320. The van der Waals surface area contributed by atoms with Crippen molar-refractivity contribution in [2.75, 3.05) is 29.4 Å². The number of rotatable bonds is 8. The van der Waals surface area contributed by atoms with Gasteiger partial charge in [0.25, 0.3) is 0 Å². The summed E-state index contributed by atoms with van der Waals surface area (Å²) in [6.45, 7) is 4.70. The Morgan fingerprint density at radius 3 is 2.44 bits per heavy atom. The van der Waals surface area contributed by atoms with Crippen molar-refractivity contribution in [3.05, 3.63) is 77.7 Å². The Hall–Kier alpha value is -3.17. The average molecular weight is 485 g/mol. The topological polar surface area (TPSA) is 83.6 Å². The Morgan fingerprint density at radius 1 is 1.06 bits per heavy atom. The molecule has 2 heterocycles. The van der Waals surface area contributed by atoms with Crippen molar-refractivity contribution in [1.29, 1.82) is 0 Å². The first kappa shape index (κ1) is 24.0. The second kappa shape index (κ2) is 10.4. The molecule has 0 amide bonds. The smallest absolute Gasteiger partial charge is 0.229 e. The van der Waals surface area contributed by atoms with Crippen LogP contribution < -0.4 is 14.8 Å². The van der Waals surface area contributed by atoms with Crippen LogP contribution >= 0.6 is 0 Å². The van der Waals surface area contributed by atoms with Crippen LogP contribution in [0.1, 0.15) is 24.1 Å². The lowest BCUT2D eigenvalue weighted by Gasteiger charge is -2.33. The van der Waals surface area contributed by atoms with Crippen LogP contribution in [0.2, 0.25) is 0 Å². The van der Waals surface area contributed by atoms with Crippen molar-refractivity contribution in [2.24, 2.45) is 0 Å². The number of aromatic nitrogens is 1. The summed E-state index contributed by atoms with van der Waals surface area (Å²) in [6.07, 6.45) is 3.10. The summed E-state index contributed by atoms with van der Waals surface area (Å²) in [7, 11) is -3.32. The lowest BCUT2D eigenvalue weighted by Crippen LogP contribution is -2.38. The summed E-state index contributed by atoms with van der Waals surface area (Å²) in [6, 6.07) is 17.5. The van der Waals surface area contributed by atoms with E-state index in [0.717, 1.165) is 55.7 Å². The second-order valence-corrected chi connectivity index (χ2v) is 10.3. The third-order valence-corrected chi connectivity index (χ3v) is 6.33. The molecule has 1 aliphatic heterocycles. The van der Waals surface area contributed by atoms with E-state index in [4.69, 9.17) is 4.74 Å². The van der Waals surface area contributed by atoms with E-state index in [0.29, 0.717) is 23.4 Å². The lowest BCUT2D eigenvalue weighted by atomic mass is 10.0. The number of aryl methyl sites for hydroxylation is 1. The van der Waals surface area contributed by atoms with Crippen LogP contribution in [0.5, 0.6) is 11.6 Å². The fourth-order valence-electron chi connectivity index (χ4n) is 4.01. The first-order valence-corrected chi connectivity index (χ1v) is 13.1. The van der Waals surface area contributed by atoms with Gasteiger partial charge in [-0.15, -0.1) is 0 Å². The van der Waals surface area contributed by atoms with E-state index in [1.54, 1.807) is 30.3 Å². The predicted octanol–water partition coefficient (Wildman–Crippen LogP) is 4.77. The summed E-state index contributed by atoms with van der Waals surface area (Å²) in [5.74, 6) is 0.841. The van der Waals surface area contributed by atoms with Crippen molar-refractivity contribution >= 4 is 21.4 Å². The molecule has 34 heavy (non-hydrogen) atoms. The van der Waals surface area contributed by atoms with Crippen molar-refractivity contribution in [3.63, 3.8) is 0 Å². The Kier molecular flexibility index (Phi) is 7.33. The molecular weight excluding hydrogens is 455 g/mol. The highest BCUT2D eigenvalue weighted by atomic mass is 32.2. The molecule has 3 aromatic rings. The zero-order chi connectivity index (χ0) is 24.1. The standard InChI is InChI=1S/C25H29FN4O3S/c1-18-19(17-30-14-12-21(13-15-30)28-23-5-3-4-20(26)16-23)6-11-25(27-18)33-24-9-7-22(8-10-24)29-34(2,31)32/h3-11,16,21,28-29H,12-15,17H2,1-2H3. The zero-order valence-electron chi connectivity index (χ0n) is 19.3. The largest absolute Gasteiger partial charge is 0.439 e. The molecule has 0 aliphatic carbocycles. The van der Waals surface area contributed by atoms with Gasteiger partial charge in [0.05, 0.1) is 6.26 Å². The molecule has 1 saturated heterocycles. The van der Waals surface area contributed by atoms with Crippen molar-refractivity contribution in [3.8, 4) is 11.6 Å². The number of hydrogen-bond donors (Lipinski definition) is 2. The molecule has 0 atom stereocenters. The number of nitrogens with zero attached hydrogens (tertiary/aromatic N) is 2. The predicted molar refractivity (Wildman–Crippen MR) is 132 cm³/mol. The summed E-state index contributed by atoms with van der Waals surface area (Å²) in [5, 5.41) is 3.43. The van der Waals surface area contributed by atoms with Crippen LogP contribution in [0.4, 0.5) is 15.8 Å². The average Bonchev–Trinajstić information content (AvgIpc) is 2.77. The quantitative estimate of drug-likeness (QED) is 0.479. The van der Waals surface area contributed by atoms with Crippen LogP contribution in [-0.2, 0) is 16.6 Å². The van der Waals surface area contributed by atoms with Gasteiger partial charge in [-0.05, 0) is 67.8 Å². The van der Waals surface area contributed by atoms with Gasteiger partial charge in [-0.1, -0.05) is 12.1 Å². The summed E-state index contributed by atoms with van der Waals surface area (Å²) in [5.41, 5.74) is 3.36. The molecule has 7 nitrogen and oxygen atoms in total. The monoisotopic (exact) mass is 484 g/mol. The van der Waals surface area contributed by atoms with Gasteiger partial charge in [0.15, 0.2) is 0 Å². The van der Waals surface area contributed by atoms with Crippen LogP contribution in [0.15, 0.2) is 60.7 Å². The molecular formula is C25H29FN4O3S. The van der Waals surface area contributed by atoms with E-state index in [9.17, 15) is 12.8 Å². The number of benzene rings is 2. The maximum atomic E-state index is 13.4. The first-order valence-electron chi connectivity index (χ1n) is 11.2. The summed E-state index contributed by atoms with van der Waals surface area (Å²) >= 11 is 0. The van der Waals surface area contributed by atoms with Crippen LogP contribution in [-0.4, -0.2) is 43.7 Å². The van der Waals surface area contributed by atoms with Crippen LogP contribution in [0, 0.1) is 12.7 Å². The number of halogens is 1. The van der Waals surface area contributed by atoms with E-state index >= 15 is 0 Å². The van der Waals surface area contributed by atoms with Gasteiger partial charge in [-0.2, -0.15) is 0 Å². The number of likely N-dealkylation sites (tertiary alicyclic amines) is 1. The van der Waals surface area contributed by atoms with Crippen LogP contribution in [0.25, 0.3) is 0 Å². The maximum absolute atomic E-state index is 13.4. The Bertz CT molecular complexity index is 1230. The second-order valence-electron chi connectivity index (χ2n) is 8.60. The number of anilines is 2. The van der Waals surface area contributed by atoms with Crippen molar-refractivity contribution in [1.82, 2.24) is 9.88 Å². The minimum atomic E-state index is -3.32. The zero-order valence-corrected chi connectivity index (χ0v) is 20.1. The molecule has 1 aliphatic rings. The molecule has 0 spiro atoms. The van der Waals surface area contributed by atoms with E-state index in [2.05, 4.69) is 19.9 Å². The molecule has 2 aromatic carbocycles. The highest BCUT2D eigenvalue weighted by Gasteiger charge is 2.20. The number of ether oxygens (including phenoxy) is 1. The van der Waals surface area contributed by atoms with Gasteiger partial charge in [0, 0.05) is 48.8 Å². The highest BCUT2D eigenvalue weighted by Crippen LogP contribution is 2.24. The van der Waals surface area contributed by atoms with E-state index in [1.165, 1.54) is 12.1 Å². The van der Waals surface area contributed by atoms with Gasteiger partial charge in [-0.25, -0.2) is 17.8 Å².